The minimum absolute atomic E-state index is 0.0248. The number of rotatable bonds is 15. The predicted octanol–water partition coefficient (Wildman–Crippen LogP) is 9.97. The zero-order valence-electron chi connectivity index (χ0n) is 54.9. The Morgan fingerprint density at radius 3 is 1.22 bits per heavy atom. The topological polar surface area (TPSA) is 381 Å². The first-order chi connectivity index (χ1) is 47.0. The molecule has 510 valence electrons. The number of ether oxygens (including phenoxy) is 6. The van der Waals surface area contributed by atoms with Crippen LogP contribution in [0.3, 0.4) is 0 Å². The number of azide groups is 3. The third kappa shape index (κ3) is 14.6. The zero-order valence-corrected chi connectivity index (χ0v) is 59.5. The number of anilines is 3. The Kier molecular flexibility index (Phi) is 21.7. The number of fused-ring (bicyclic) bond motifs is 6. The van der Waals surface area contributed by atoms with E-state index >= 15 is 0 Å². The molecule has 9 aromatic rings. The van der Waals surface area contributed by atoms with Crippen LogP contribution in [0.5, 0.6) is 17.6 Å². The smallest absolute Gasteiger partial charge is 0.481 e. The van der Waals surface area contributed by atoms with Crippen LogP contribution < -0.4 is 34.4 Å². The van der Waals surface area contributed by atoms with Crippen LogP contribution in [0, 0.1) is 21.5 Å². The minimum atomic E-state index is -1.54. The van der Waals surface area contributed by atoms with Crippen molar-refractivity contribution < 1.29 is 38.5 Å². The maximum absolute atomic E-state index is 9.00. The van der Waals surface area contributed by atoms with Crippen LogP contribution >= 0.6 is 56.6 Å². The largest absolute Gasteiger partial charge is 0.494 e. The fourth-order valence-corrected chi connectivity index (χ4v) is 16.3. The highest BCUT2D eigenvalue weighted by atomic mass is 127. The van der Waals surface area contributed by atoms with Crippen molar-refractivity contribution in [2.45, 2.75) is 115 Å². The van der Waals surface area contributed by atoms with Gasteiger partial charge in [-0.05, 0) is 107 Å². The van der Waals surface area contributed by atoms with Crippen LogP contribution in [-0.4, -0.2) is 193 Å². The second kappa shape index (κ2) is 30.5. The fraction of sp³-hybridized carbons (Fsp3) is 0.550. The lowest BCUT2D eigenvalue weighted by Crippen LogP contribution is -2.37. The van der Waals surface area contributed by atoms with E-state index in [1.54, 1.807) is 37.7 Å². The van der Waals surface area contributed by atoms with E-state index in [2.05, 4.69) is 130 Å². The third-order valence-electron chi connectivity index (χ3n) is 18.1. The highest BCUT2D eigenvalue weighted by Gasteiger charge is 2.45. The number of methoxy groups -OCH3 is 3. The molecule has 97 heavy (non-hydrogen) atoms. The van der Waals surface area contributed by atoms with E-state index in [1.165, 1.54) is 29.8 Å². The molecule has 0 radical (unpaired) electrons. The van der Waals surface area contributed by atoms with Crippen LogP contribution in [0.4, 0.5) is 15.4 Å². The van der Waals surface area contributed by atoms with Crippen LogP contribution in [0.25, 0.3) is 68.7 Å². The van der Waals surface area contributed by atoms with Crippen LogP contribution in [-0.2, 0) is 14.2 Å². The molecule has 0 aromatic carbocycles. The van der Waals surface area contributed by atoms with E-state index in [-0.39, 0.29) is 71.5 Å². The maximum atomic E-state index is 9.00. The molecule has 6 saturated heterocycles. The van der Waals surface area contributed by atoms with Gasteiger partial charge in [0.1, 0.15) is 3.70 Å². The molecule has 2 N–H and O–H groups in total. The summed E-state index contributed by atoms with van der Waals surface area (Å²) in [6.45, 7) is 19.0. The number of hydrogen-bond donors (Lipinski definition) is 2. The molecule has 0 aliphatic carbocycles. The summed E-state index contributed by atoms with van der Waals surface area (Å²) < 4.78 is 40.4. The predicted molar refractivity (Wildman–Crippen MR) is 377 cm³/mol. The van der Waals surface area contributed by atoms with Crippen molar-refractivity contribution in [2.24, 2.45) is 33.1 Å². The average Bonchev–Trinajstić information content (AvgIpc) is 1.62. The number of pyridine rings is 3. The van der Waals surface area contributed by atoms with Crippen molar-refractivity contribution in [1.29, 1.82) is 0 Å². The monoisotopic (exact) mass is 1490 g/mol. The Morgan fingerprint density at radius 1 is 0.515 bits per heavy atom. The van der Waals surface area contributed by atoms with Gasteiger partial charge in [-0.15, -0.1) is 15.3 Å². The van der Waals surface area contributed by atoms with Gasteiger partial charge in [-0.1, -0.05) is 97.0 Å². The Hall–Kier alpha value is -7.93. The highest BCUT2D eigenvalue weighted by Crippen LogP contribution is 2.41. The quantitative estimate of drug-likeness (QED) is 0.0317. The molecule has 0 bridgehead atoms. The molecular weight excluding hydrogens is 1420 g/mol. The van der Waals surface area contributed by atoms with E-state index in [0.29, 0.717) is 43.4 Å². The Bertz CT molecular complexity index is 4210. The second-order valence-electron chi connectivity index (χ2n) is 25.0. The molecule has 0 saturated carbocycles. The second-order valence-corrected chi connectivity index (χ2v) is 28.9. The minimum Gasteiger partial charge on any atom is -0.481 e. The number of aromatic nitrogens is 12. The standard InChI is InChI=1S/2C20H24N8O2S.C11H12IN7OS.C9H14BNO3/c2*1-11(2)14-5-4-12(18(23-14)29-3)16-8-22-19-28(16)25-20(31-19)27-9-13-15(24-26-21)6-7-30-17(13)10-27;12-9-3-14-10-19(9)16-11(21-10)18-4-6-7(15-17-13)1-2-20-8(6)5-18;1-6(2)8-5-4-7(10(12)13)9(11-8)14-3/h2*4-5,8,11,13,15,17H,6-7,9-10H2,1-3H3;3,6-8H,1-2,4-5H2;4-6,12-13H,1-3H3/t2*13-,15+,17+;6-,7+,8+;/m101./s1. The molecule has 15 rings (SSSR count). The Morgan fingerprint density at radius 2 is 0.866 bits per heavy atom. The molecular formula is C60H74BIN24O8S3. The summed E-state index contributed by atoms with van der Waals surface area (Å²) >= 11 is 6.88. The Labute approximate surface area is 583 Å². The molecule has 6 fully saturated rings. The van der Waals surface area contributed by atoms with Crippen LogP contribution in [0.2, 0.25) is 0 Å². The molecule has 0 spiro atoms. The first-order valence-corrected chi connectivity index (χ1v) is 35.5. The van der Waals surface area contributed by atoms with Gasteiger partial charge in [0.2, 0.25) is 47.9 Å². The van der Waals surface area contributed by atoms with Gasteiger partial charge in [0.05, 0.1) is 80.7 Å². The third-order valence-corrected chi connectivity index (χ3v) is 21.8. The van der Waals surface area contributed by atoms with Crippen LogP contribution in [0.15, 0.2) is 70.3 Å². The van der Waals surface area contributed by atoms with Gasteiger partial charge in [0, 0.05) is 132 Å². The first-order valence-electron chi connectivity index (χ1n) is 31.9. The van der Waals surface area contributed by atoms with E-state index in [4.69, 9.17) is 65.3 Å². The van der Waals surface area contributed by atoms with Gasteiger partial charge in [0.15, 0.2) is 0 Å². The molecule has 6 aliphatic heterocycles. The van der Waals surface area contributed by atoms with E-state index in [0.717, 1.165) is 132 Å². The zero-order chi connectivity index (χ0) is 68.2. The van der Waals surface area contributed by atoms with Crippen molar-refractivity contribution in [3.63, 3.8) is 0 Å². The van der Waals surface area contributed by atoms with Gasteiger partial charge < -0.3 is 53.2 Å². The summed E-state index contributed by atoms with van der Waals surface area (Å²) in [6.07, 6.45) is 8.02. The van der Waals surface area contributed by atoms with E-state index < -0.39 is 7.12 Å². The fourth-order valence-electron chi connectivity index (χ4n) is 13.0. The van der Waals surface area contributed by atoms with Crippen molar-refractivity contribution in [2.75, 3.05) is 95.1 Å². The summed E-state index contributed by atoms with van der Waals surface area (Å²) in [5.41, 5.74) is 33.0. The highest BCUT2D eigenvalue weighted by molar-refractivity contribution is 14.1. The molecule has 15 heterocycles. The molecule has 0 amide bonds. The number of halogens is 1. The molecule has 9 atom stereocenters. The van der Waals surface area contributed by atoms with Crippen molar-refractivity contribution in [3.8, 4) is 40.2 Å². The van der Waals surface area contributed by atoms with Crippen molar-refractivity contribution >= 4 is 99.5 Å². The molecule has 9 aromatic heterocycles. The number of nitrogens with zero attached hydrogens (tertiary/aromatic N) is 24. The molecule has 0 unspecified atom stereocenters. The average molecular weight is 1490 g/mol. The maximum Gasteiger partial charge on any atom is 0.494 e. The van der Waals surface area contributed by atoms with E-state index in [1.807, 2.05) is 70.2 Å². The lowest BCUT2D eigenvalue weighted by atomic mass is 9.80. The molecule has 32 nitrogen and oxygen atoms in total. The Balaban J connectivity index is 0.000000128. The lowest BCUT2D eigenvalue weighted by molar-refractivity contribution is -0.00906. The van der Waals surface area contributed by atoms with Gasteiger partial charge in [-0.25, -0.2) is 38.9 Å². The van der Waals surface area contributed by atoms with Gasteiger partial charge in [0.25, 0.3) is 0 Å². The molecule has 6 aliphatic rings. The van der Waals surface area contributed by atoms with Gasteiger partial charge >= 0.3 is 7.12 Å². The first kappa shape index (κ1) is 69.0. The van der Waals surface area contributed by atoms with Gasteiger partial charge in [-0.2, -0.15) is 4.52 Å². The summed E-state index contributed by atoms with van der Waals surface area (Å²) in [5, 5.41) is 47.0. The SMILES string of the molecule is COc1nc(C(C)C)ccc1-c1cnc2sc(N3C[C@@H]4[C@@H](N=[N+]=[N-])CCO[C@H]4C3)nn12.COc1nc(C(C)C)ccc1-c1cnc2sc(N3C[C@H]4[C@H](N=[N+]=[N-])CCO[C@@H]4C3)nn12.COc1nc(C(C)C)ccc1B(O)O.[N-]=[N+]=N[C@H]1CCO[C@H]2CN(c3nn4c(I)cnc4s3)C[C@H]12. The summed E-state index contributed by atoms with van der Waals surface area (Å²) in [6, 6.07) is 11.4. The van der Waals surface area contributed by atoms with E-state index in [9.17, 15) is 0 Å². The lowest BCUT2D eigenvalue weighted by Gasteiger charge is -2.29. The summed E-state index contributed by atoms with van der Waals surface area (Å²) in [4.78, 5) is 45.1. The van der Waals surface area contributed by atoms with Crippen LogP contribution in [0.1, 0.15) is 95.6 Å². The summed E-state index contributed by atoms with van der Waals surface area (Å²) in [7, 11) is 3.18. The van der Waals surface area contributed by atoms with Crippen molar-refractivity contribution in [1.82, 2.24) is 58.7 Å². The normalized spacial score (nSPS) is 22.5. The van der Waals surface area contributed by atoms with Crippen molar-refractivity contribution in [3.05, 3.63) is 107 Å². The number of imidazole rings is 3. The molecule has 37 heteroatoms. The van der Waals surface area contributed by atoms with Gasteiger partial charge in [-0.3, -0.25) is 0 Å². The summed E-state index contributed by atoms with van der Waals surface area (Å²) in [5.74, 6) is 2.95. The number of hydrogen-bond acceptors (Lipinski definition) is 26.